The third-order valence-electron chi connectivity index (χ3n) is 6.15. The number of fused-ring (bicyclic) bond motifs is 1. The van der Waals surface area contributed by atoms with Gasteiger partial charge in [-0.1, -0.05) is 6.07 Å². The highest BCUT2D eigenvalue weighted by Crippen LogP contribution is 2.38. The molecular weight excluding hydrogens is 596 g/mol. The number of benzene rings is 2. The molecular formula is C29H30N4O8S2. The SMILES string of the molecule is COC(=O)c1c(NC(=O)CSc2cccc(NC(=O)c3ccc([N+](=O)[O-])cc3)c2)sc2c1CCN(C(=O)OC(C)(C)C)C2. The Labute approximate surface area is 255 Å². The van der Waals surface area contributed by atoms with Gasteiger partial charge in [-0.2, -0.15) is 0 Å². The zero-order valence-corrected chi connectivity index (χ0v) is 25.6. The van der Waals surface area contributed by atoms with Crippen LogP contribution in [0.15, 0.2) is 53.4 Å². The van der Waals surface area contributed by atoms with Gasteiger partial charge in [0.25, 0.3) is 11.6 Å². The fraction of sp³-hybridized carbons (Fsp3) is 0.310. The number of carbonyl (C=O) groups is 4. The van der Waals surface area contributed by atoms with E-state index in [1.807, 2.05) is 0 Å². The summed E-state index contributed by atoms with van der Waals surface area (Å²) in [5.74, 6) is -1.33. The molecule has 1 aliphatic heterocycles. The quantitative estimate of drug-likeness (QED) is 0.138. The van der Waals surface area contributed by atoms with E-state index in [0.29, 0.717) is 34.1 Å². The summed E-state index contributed by atoms with van der Waals surface area (Å²) in [4.78, 5) is 64.1. The van der Waals surface area contributed by atoms with Crippen molar-refractivity contribution in [2.24, 2.45) is 0 Å². The number of nitrogens with one attached hydrogen (secondary N) is 2. The van der Waals surface area contributed by atoms with Crippen LogP contribution < -0.4 is 10.6 Å². The standard InChI is InChI=1S/C29H30N4O8S2/c1-29(2,3)41-28(37)32-13-12-21-22(15-32)43-26(24(21)27(36)40-4)31-23(34)16-42-20-7-5-6-18(14-20)30-25(35)17-8-10-19(11-9-17)33(38)39/h5-11,14H,12-13,15-16H2,1-4H3,(H,30,35)(H,31,34). The highest BCUT2D eigenvalue weighted by Gasteiger charge is 2.32. The summed E-state index contributed by atoms with van der Waals surface area (Å²) in [5.41, 5.74) is 1.03. The molecule has 3 aromatic rings. The lowest BCUT2D eigenvalue weighted by Crippen LogP contribution is -2.39. The minimum absolute atomic E-state index is 0.0208. The van der Waals surface area contributed by atoms with Crippen molar-refractivity contribution < 1.29 is 33.6 Å². The van der Waals surface area contributed by atoms with Crippen LogP contribution in [0.4, 0.5) is 21.2 Å². The lowest BCUT2D eigenvalue weighted by atomic mass is 10.0. The minimum Gasteiger partial charge on any atom is -0.465 e. The molecule has 0 spiro atoms. The molecule has 0 radical (unpaired) electrons. The van der Waals surface area contributed by atoms with Gasteiger partial charge < -0.3 is 25.0 Å². The number of ether oxygens (including phenoxy) is 2. The number of nitrogens with zero attached hydrogens (tertiary/aromatic N) is 2. The molecule has 0 atom stereocenters. The summed E-state index contributed by atoms with van der Waals surface area (Å²) in [6.45, 7) is 5.99. The lowest BCUT2D eigenvalue weighted by molar-refractivity contribution is -0.384. The van der Waals surface area contributed by atoms with Gasteiger partial charge in [-0.25, -0.2) is 9.59 Å². The van der Waals surface area contributed by atoms with E-state index in [1.54, 1.807) is 49.9 Å². The van der Waals surface area contributed by atoms with E-state index in [9.17, 15) is 29.3 Å². The van der Waals surface area contributed by atoms with Crippen LogP contribution in [0.2, 0.25) is 0 Å². The highest BCUT2D eigenvalue weighted by molar-refractivity contribution is 8.00. The molecule has 0 unspecified atom stereocenters. The van der Waals surface area contributed by atoms with Gasteiger partial charge in [-0.05, 0) is 63.1 Å². The topological polar surface area (TPSA) is 157 Å². The molecule has 43 heavy (non-hydrogen) atoms. The molecule has 226 valence electrons. The number of rotatable bonds is 8. The Balaban J connectivity index is 1.39. The number of methoxy groups -OCH3 is 1. The molecule has 0 saturated heterocycles. The number of hydrogen-bond donors (Lipinski definition) is 2. The maximum absolute atomic E-state index is 12.9. The van der Waals surface area contributed by atoms with Gasteiger partial charge in [0.15, 0.2) is 0 Å². The summed E-state index contributed by atoms with van der Waals surface area (Å²) >= 11 is 2.46. The van der Waals surface area contributed by atoms with Gasteiger partial charge in [-0.3, -0.25) is 19.7 Å². The highest BCUT2D eigenvalue weighted by atomic mass is 32.2. The Morgan fingerprint density at radius 2 is 1.81 bits per heavy atom. The lowest BCUT2D eigenvalue weighted by Gasteiger charge is -2.30. The van der Waals surface area contributed by atoms with Crippen molar-refractivity contribution in [1.29, 1.82) is 0 Å². The second-order valence-electron chi connectivity index (χ2n) is 10.5. The smallest absolute Gasteiger partial charge is 0.410 e. The number of amides is 3. The van der Waals surface area contributed by atoms with Crippen LogP contribution in [0.25, 0.3) is 0 Å². The van der Waals surface area contributed by atoms with E-state index in [4.69, 9.17) is 9.47 Å². The van der Waals surface area contributed by atoms with E-state index >= 15 is 0 Å². The second kappa shape index (κ2) is 13.3. The molecule has 2 heterocycles. The molecule has 2 N–H and O–H groups in total. The number of thioether (sulfide) groups is 1. The third-order valence-corrected chi connectivity index (χ3v) is 8.28. The average Bonchev–Trinajstić information content (AvgIpc) is 3.31. The summed E-state index contributed by atoms with van der Waals surface area (Å²) in [6, 6.07) is 12.2. The van der Waals surface area contributed by atoms with E-state index in [-0.39, 0.29) is 29.5 Å². The van der Waals surface area contributed by atoms with Crippen LogP contribution in [-0.4, -0.2) is 58.7 Å². The summed E-state index contributed by atoms with van der Waals surface area (Å²) < 4.78 is 10.5. The molecule has 2 aromatic carbocycles. The number of nitro benzene ring substituents is 1. The Hall–Kier alpha value is -4.43. The Morgan fingerprint density at radius 3 is 2.47 bits per heavy atom. The summed E-state index contributed by atoms with van der Waals surface area (Å²) in [5, 5.41) is 16.8. The van der Waals surface area contributed by atoms with Crippen LogP contribution in [0.5, 0.6) is 0 Å². The molecule has 0 fully saturated rings. The summed E-state index contributed by atoms with van der Waals surface area (Å²) in [7, 11) is 1.27. The molecule has 1 aliphatic rings. The van der Waals surface area contributed by atoms with Gasteiger partial charge in [0.1, 0.15) is 10.6 Å². The first-order valence-corrected chi connectivity index (χ1v) is 14.9. The average molecular weight is 627 g/mol. The van der Waals surface area contributed by atoms with Crippen LogP contribution in [-0.2, 0) is 27.2 Å². The van der Waals surface area contributed by atoms with Crippen molar-refractivity contribution in [3.05, 3.63) is 80.2 Å². The van der Waals surface area contributed by atoms with Crippen LogP contribution in [0.1, 0.15) is 51.9 Å². The van der Waals surface area contributed by atoms with Crippen molar-refractivity contribution >= 4 is 63.4 Å². The van der Waals surface area contributed by atoms with Crippen LogP contribution in [0.3, 0.4) is 0 Å². The maximum Gasteiger partial charge on any atom is 0.410 e. The van der Waals surface area contributed by atoms with Gasteiger partial charge in [0, 0.05) is 39.7 Å². The predicted octanol–water partition coefficient (Wildman–Crippen LogP) is 5.72. The molecule has 4 rings (SSSR count). The Morgan fingerprint density at radius 1 is 1.09 bits per heavy atom. The maximum atomic E-state index is 12.9. The van der Waals surface area contributed by atoms with Gasteiger partial charge in [-0.15, -0.1) is 23.1 Å². The van der Waals surface area contributed by atoms with Gasteiger partial charge >= 0.3 is 12.1 Å². The normalized spacial score (nSPS) is 12.6. The van der Waals surface area contributed by atoms with Crippen molar-refractivity contribution in [1.82, 2.24) is 4.90 Å². The predicted molar refractivity (Wildman–Crippen MR) is 163 cm³/mol. The zero-order valence-electron chi connectivity index (χ0n) is 23.9. The molecule has 0 aliphatic carbocycles. The van der Waals surface area contributed by atoms with Crippen LogP contribution in [0, 0.1) is 10.1 Å². The number of carbonyl (C=O) groups excluding carboxylic acids is 4. The number of hydrogen-bond acceptors (Lipinski definition) is 10. The number of nitro groups is 1. The van der Waals surface area contributed by atoms with Crippen molar-refractivity contribution in [2.75, 3.05) is 30.0 Å². The minimum atomic E-state index is -0.640. The van der Waals surface area contributed by atoms with Crippen molar-refractivity contribution in [3.63, 3.8) is 0 Å². The Bertz CT molecular complexity index is 1560. The van der Waals surface area contributed by atoms with E-state index in [0.717, 1.165) is 10.4 Å². The van der Waals surface area contributed by atoms with E-state index in [1.165, 1.54) is 54.5 Å². The molecule has 1 aromatic heterocycles. The van der Waals surface area contributed by atoms with Gasteiger partial charge in [0.05, 0.1) is 29.9 Å². The molecule has 0 saturated carbocycles. The molecule has 0 bridgehead atoms. The van der Waals surface area contributed by atoms with Crippen molar-refractivity contribution in [3.8, 4) is 0 Å². The van der Waals surface area contributed by atoms with Gasteiger partial charge in [0.2, 0.25) is 5.91 Å². The molecule has 12 nitrogen and oxygen atoms in total. The first-order chi connectivity index (χ1) is 20.3. The molecule has 14 heteroatoms. The Kier molecular flexibility index (Phi) is 9.71. The first-order valence-electron chi connectivity index (χ1n) is 13.1. The zero-order chi connectivity index (χ0) is 31.3. The third kappa shape index (κ3) is 8.11. The van der Waals surface area contributed by atoms with E-state index in [2.05, 4.69) is 10.6 Å². The summed E-state index contributed by atoms with van der Waals surface area (Å²) in [6.07, 6.45) is -0.0299. The van der Waals surface area contributed by atoms with E-state index < -0.39 is 28.5 Å². The monoisotopic (exact) mass is 626 g/mol. The molecule has 3 amide bonds. The number of anilines is 2. The first kappa shape index (κ1) is 31.5. The number of esters is 1. The second-order valence-corrected chi connectivity index (χ2v) is 12.6. The van der Waals surface area contributed by atoms with Crippen LogP contribution >= 0.6 is 23.1 Å². The number of thiophene rings is 1. The number of non-ortho nitro benzene ring substituents is 1. The fourth-order valence-corrected chi connectivity index (χ4v) is 6.23. The fourth-order valence-electron chi connectivity index (χ4n) is 4.20. The van der Waals surface area contributed by atoms with Crippen molar-refractivity contribution in [2.45, 2.75) is 44.2 Å². The largest absolute Gasteiger partial charge is 0.465 e.